The Balaban J connectivity index is 0.767. The summed E-state index contributed by atoms with van der Waals surface area (Å²) in [6.45, 7) is 26.8. The highest BCUT2D eigenvalue weighted by Gasteiger charge is 2.32. The molecule has 0 aliphatic heterocycles. The molecule has 19 aromatic rings. The fraction of sp³-hybridized carbons (Fsp3) is 0.176. The van der Waals surface area contributed by atoms with E-state index in [1.54, 1.807) is 0 Å². The molecule has 0 bridgehead atoms. The molecule has 9 nitrogen and oxygen atoms in total. The van der Waals surface area contributed by atoms with Crippen LogP contribution >= 0.6 is 0 Å². The van der Waals surface area contributed by atoms with E-state index in [1.807, 2.05) is 6.07 Å². The summed E-state index contributed by atoms with van der Waals surface area (Å²) in [6, 6.07) is 77.9. The van der Waals surface area contributed by atoms with Gasteiger partial charge in [0.15, 0.2) is 27.9 Å². The van der Waals surface area contributed by atoms with E-state index in [-0.39, 0.29) is 21.7 Å². The molecule has 0 spiro atoms. The molecule has 0 radical (unpaired) electrons. The molecule has 100 heavy (non-hydrogen) atoms. The molecule has 0 fully saturated rings. The third-order valence-corrected chi connectivity index (χ3v) is 20.9. The number of hydrogen-bond acceptors (Lipinski definition) is 9. The highest BCUT2D eigenvalue weighted by molar-refractivity contribution is 6.23. The van der Waals surface area contributed by atoms with Crippen LogP contribution in [0.3, 0.4) is 0 Å². The van der Waals surface area contributed by atoms with Gasteiger partial charge >= 0.3 is 0 Å². The Morgan fingerprint density at radius 3 is 0.920 bits per heavy atom. The molecule has 19 rings (SSSR count). The monoisotopic (exact) mass is 1300 g/mol. The number of benzene rings is 13. The van der Waals surface area contributed by atoms with Gasteiger partial charge in [0.05, 0.1) is 22.7 Å². The summed E-state index contributed by atoms with van der Waals surface area (Å²) in [7, 11) is 0. The fourth-order valence-electron chi connectivity index (χ4n) is 16.1. The Kier molecular flexibility index (Phi) is 12.3. The predicted molar refractivity (Wildman–Crippen MR) is 414 cm³/mol. The van der Waals surface area contributed by atoms with Gasteiger partial charge in [-0.3, -0.25) is 0 Å². The number of anilines is 6. The summed E-state index contributed by atoms with van der Waals surface area (Å²) >= 11 is 0. The number of fused-ring (bicyclic) bond motifs is 20. The Hall–Kier alpha value is -11.7. The van der Waals surface area contributed by atoms with Crippen LogP contribution < -0.4 is 9.80 Å². The van der Waals surface area contributed by atoms with E-state index in [0.717, 1.165) is 182 Å². The molecule has 0 amide bonds. The van der Waals surface area contributed by atoms with E-state index in [9.17, 15) is 5.26 Å². The van der Waals surface area contributed by atoms with Gasteiger partial charge in [-0.05, 0) is 122 Å². The van der Waals surface area contributed by atoms with Gasteiger partial charge in [-0.2, -0.15) is 5.26 Å². The summed E-state index contributed by atoms with van der Waals surface area (Å²) < 4.78 is 42.5. The SMILES string of the molecule is CC(C)(C)c1cccc2c1oc1c(N(c3ccc4cc5c(cc4c3)oc3c(C#N)c4c(cc35)oc3cc5cc(N(c6cccc7c6oc6c(C(C)(C)C)cccc67)c6cccc7c6oc6c(C(C)(C)C)cccc67)ccc5cc34)c3cccc4c3oc3c(C(C)(C)C)cccc34)cccc12. The van der Waals surface area contributed by atoms with Crippen molar-refractivity contribution in [2.45, 2.75) is 105 Å². The van der Waals surface area contributed by atoms with Crippen LogP contribution in [-0.2, 0) is 21.7 Å². The van der Waals surface area contributed by atoms with Crippen LogP contribution in [0.5, 0.6) is 0 Å². The van der Waals surface area contributed by atoms with Gasteiger partial charge in [0.25, 0.3) is 0 Å². The molecule has 0 N–H and O–H groups in total. The van der Waals surface area contributed by atoms with Gasteiger partial charge in [0, 0.05) is 98.3 Å². The molecule has 13 aromatic carbocycles. The van der Waals surface area contributed by atoms with Crippen LogP contribution in [0.25, 0.3) is 153 Å². The van der Waals surface area contributed by atoms with Crippen molar-refractivity contribution in [3.05, 3.63) is 240 Å². The van der Waals surface area contributed by atoms with Gasteiger partial charge in [0.2, 0.25) is 0 Å². The van der Waals surface area contributed by atoms with Crippen LogP contribution in [-0.4, -0.2) is 0 Å². The lowest BCUT2D eigenvalue weighted by molar-refractivity contribution is 0.572. The zero-order valence-electron chi connectivity index (χ0n) is 58.0. The molecule has 6 aromatic heterocycles. The van der Waals surface area contributed by atoms with E-state index >= 15 is 0 Å². The lowest BCUT2D eigenvalue weighted by Crippen LogP contribution is -2.11. The molecular formula is C91H71N3O6. The highest BCUT2D eigenvalue weighted by atomic mass is 16.4. The average molecular weight is 1300 g/mol. The minimum absolute atomic E-state index is 0.158. The Morgan fingerprint density at radius 1 is 0.260 bits per heavy atom. The summed E-state index contributed by atoms with van der Waals surface area (Å²) in [5, 5.41) is 26.9. The van der Waals surface area contributed by atoms with Crippen molar-refractivity contribution >= 4 is 187 Å². The maximum absolute atomic E-state index is 11.4. The Morgan fingerprint density at radius 2 is 0.580 bits per heavy atom. The summed E-state index contributed by atoms with van der Waals surface area (Å²) in [5.74, 6) is 0. The zero-order valence-corrected chi connectivity index (χ0v) is 58.0. The Bertz CT molecular complexity index is 6250. The van der Waals surface area contributed by atoms with E-state index in [4.69, 9.17) is 26.5 Å². The van der Waals surface area contributed by atoms with Crippen molar-refractivity contribution < 1.29 is 26.5 Å². The maximum Gasteiger partial charge on any atom is 0.159 e. The molecule has 9 heteroatoms. The summed E-state index contributed by atoms with van der Waals surface area (Å²) in [4.78, 5) is 4.57. The third kappa shape index (κ3) is 8.72. The van der Waals surface area contributed by atoms with E-state index in [2.05, 4.69) is 305 Å². The number of nitrogens with zero attached hydrogens (tertiary/aromatic N) is 3. The number of para-hydroxylation sites is 8. The lowest BCUT2D eigenvalue weighted by atomic mass is 9.86. The van der Waals surface area contributed by atoms with Gasteiger partial charge in [-0.25, -0.2) is 0 Å². The highest BCUT2D eigenvalue weighted by Crippen LogP contribution is 2.53. The fourth-order valence-corrected chi connectivity index (χ4v) is 16.1. The van der Waals surface area contributed by atoms with Crippen LogP contribution in [0.15, 0.2) is 239 Å². The summed E-state index contributed by atoms with van der Waals surface area (Å²) in [6.07, 6.45) is 0. The molecule has 6 heterocycles. The summed E-state index contributed by atoms with van der Waals surface area (Å²) in [5.41, 5.74) is 18.8. The third-order valence-electron chi connectivity index (χ3n) is 20.9. The number of nitriles is 1. The molecule has 0 aliphatic rings. The molecule has 0 saturated carbocycles. The van der Waals surface area contributed by atoms with Crippen molar-refractivity contribution in [3.63, 3.8) is 0 Å². The van der Waals surface area contributed by atoms with E-state index in [1.165, 1.54) is 0 Å². The van der Waals surface area contributed by atoms with Crippen LogP contribution in [0.2, 0.25) is 0 Å². The van der Waals surface area contributed by atoms with Crippen LogP contribution in [0, 0.1) is 11.3 Å². The van der Waals surface area contributed by atoms with Gasteiger partial charge < -0.3 is 36.3 Å². The first-order valence-corrected chi connectivity index (χ1v) is 34.6. The first-order chi connectivity index (χ1) is 48.0. The van der Waals surface area contributed by atoms with Crippen molar-refractivity contribution in [3.8, 4) is 6.07 Å². The second kappa shape index (κ2) is 20.7. The predicted octanol–water partition coefficient (Wildman–Crippen LogP) is 27.4. The molecule has 486 valence electrons. The van der Waals surface area contributed by atoms with Gasteiger partial charge in [0.1, 0.15) is 50.7 Å². The van der Waals surface area contributed by atoms with Crippen molar-refractivity contribution in [1.82, 2.24) is 0 Å². The molecule has 0 aliphatic carbocycles. The number of rotatable bonds is 6. The first kappa shape index (κ1) is 59.5. The van der Waals surface area contributed by atoms with Crippen LogP contribution in [0.4, 0.5) is 34.1 Å². The smallest absolute Gasteiger partial charge is 0.159 e. The van der Waals surface area contributed by atoms with Crippen molar-refractivity contribution in [1.29, 1.82) is 5.26 Å². The van der Waals surface area contributed by atoms with Crippen molar-refractivity contribution in [2.24, 2.45) is 0 Å². The minimum Gasteiger partial charge on any atom is -0.456 e. The van der Waals surface area contributed by atoms with E-state index < -0.39 is 0 Å². The van der Waals surface area contributed by atoms with E-state index in [0.29, 0.717) is 33.3 Å². The molecular weight excluding hydrogens is 1230 g/mol. The molecule has 0 atom stereocenters. The first-order valence-electron chi connectivity index (χ1n) is 34.6. The minimum atomic E-state index is -0.158. The molecule has 0 unspecified atom stereocenters. The topological polar surface area (TPSA) is 109 Å². The standard InChI is InChI=1S/C91H71N3O6/c1-88(2,3)67-29-13-21-55-59-25-17-33-71(84(59)97-80(55)67)93(72-34-18-26-60-56-22-14-30-68(89(4,5)6)81(56)98-85(60)72)53-39-37-49-43-63-64-47-77-78(66(48-92)79(64)96-75(63)45-51(49)41-53)65-44-50-38-40-54(42-52(50)46-76(65)95-77)94(73-35-19-27-61-57-23-15-31-69(90(7,8)9)82(57)99-86(61)73)74-36-20-28-62-58-24-16-32-70(91(10,11)12)83(58)100-87(62)74/h13-47H,1-12H3. The maximum atomic E-state index is 11.4. The normalized spacial score (nSPS) is 13.0. The Labute approximate surface area is 576 Å². The zero-order chi connectivity index (χ0) is 68.4. The van der Waals surface area contributed by atoms with Gasteiger partial charge in [-0.15, -0.1) is 0 Å². The quantitative estimate of drug-likeness (QED) is 0.161. The second-order valence-electron chi connectivity index (χ2n) is 31.5. The largest absolute Gasteiger partial charge is 0.456 e. The molecule has 0 saturated heterocycles. The number of furan rings is 6. The lowest BCUT2D eigenvalue weighted by Gasteiger charge is -2.26. The number of hydrogen-bond donors (Lipinski definition) is 0. The second-order valence-corrected chi connectivity index (χ2v) is 31.5. The van der Waals surface area contributed by atoms with Crippen molar-refractivity contribution in [2.75, 3.05) is 9.80 Å². The van der Waals surface area contributed by atoms with Gasteiger partial charge in [-0.1, -0.05) is 217 Å². The average Bonchev–Trinajstić information content (AvgIpc) is 1.56. The van der Waals surface area contributed by atoms with Crippen LogP contribution in [0.1, 0.15) is 111 Å².